The fraction of sp³-hybridized carbons (Fsp3) is 0.450. The smallest absolute Gasteiger partial charge is 0.286 e. The molecule has 144 valence electrons. The van der Waals surface area contributed by atoms with Gasteiger partial charge in [-0.2, -0.15) is 0 Å². The van der Waals surface area contributed by atoms with Crippen LogP contribution < -0.4 is 11.1 Å². The number of aliphatic imine (C=N–C) groups is 1. The Kier molecular flexibility index (Phi) is 7.40. The second-order valence-electron chi connectivity index (χ2n) is 6.56. The summed E-state index contributed by atoms with van der Waals surface area (Å²) in [5, 5.41) is 5.91. The van der Waals surface area contributed by atoms with Crippen LogP contribution in [-0.2, 0) is 9.59 Å². The molecule has 1 aliphatic carbocycles. The summed E-state index contributed by atoms with van der Waals surface area (Å²) in [6, 6.07) is -0.0473. The lowest BCUT2D eigenvalue weighted by atomic mass is 9.92. The average Bonchev–Trinajstić information content (AvgIpc) is 2.68. The lowest BCUT2D eigenvalue weighted by Gasteiger charge is -2.31. The molecular formula is C20H26N4O3. The number of carbonyl (C=O) groups is 2. The van der Waals surface area contributed by atoms with E-state index in [1.165, 1.54) is 0 Å². The number of nitrogens with zero attached hydrogens (tertiary/aromatic N) is 2. The van der Waals surface area contributed by atoms with E-state index in [2.05, 4.69) is 10.5 Å². The lowest BCUT2D eigenvalue weighted by Crippen LogP contribution is -2.41. The van der Waals surface area contributed by atoms with Crippen molar-refractivity contribution in [3.63, 3.8) is 0 Å². The Bertz CT molecular complexity index is 772. The van der Waals surface area contributed by atoms with Crippen LogP contribution in [0.1, 0.15) is 52.4 Å². The number of primary amides is 1. The first-order chi connectivity index (χ1) is 13.0. The minimum atomic E-state index is -0.616. The summed E-state index contributed by atoms with van der Waals surface area (Å²) in [4.78, 5) is 37.6. The molecule has 0 saturated heterocycles. The number of carbonyl (C=O) groups excluding carboxylic acids is 2. The highest BCUT2D eigenvalue weighted by atomic mass is 16.3. The van der Waals surface area contributed by atoms with Gasteiger partial charge in [0.2, 0.25) is 5.91 Å². The molecule has 7 heteroatoms. The number of amides is 2. The summed E-state index contributed by atoms with van der Waals surface area (Å²) in [7, 11) is 0. The Morgan fingerprint density at radius 2 is 2.11 bits per heavy atom. The third-order valence-corrected chi connectivity index (χ3v) is 4.68. The topological polar surface area (TPSA) is 114 Å². The molecule has 1 aliphatic heterocycles. The molecule has 0 fully saturated rings. The normalized spacial score (nSPS) is 19.9. The first-order valence-corrected chi connectivity index (χ1v) is 9.24. The van der Waals surface area contributed by atoms with E-state index in [1.807, 2.05) is 32.1 Å². The van der Waals surface area contributed by atoms with Crippen molar-refractivity contribution in [2.45, 2.75) is 58.4 Å². The molecule has 0 saturated carbocycles. The highest BCUT2D eigenvalue weighted by molar-refractivity contribution is 6.07. The number of nitrogens with one attached hydrogen (secondary N) is 1. The number of hydrogen-bond donors (Lipinski definition) is 2. The standard InChI is InChI=1S/C20H26N4O3/c1-3-7-13(4-2)19-16(8-5-6-9-18(25)24-27)22-17-12-14(20(21)26)10-11-15(17)23-19/h3-4,7,12,16,22H,5-6,8-11H2,1-2H3,(H2,21,26)/b7-3-,13-4+. The third kappa shape index (κ3) is 5.32. The van der Waals surface area contributed by atoms with Gasteiger partial charge in [-0.15, -0.1) is 4.91 Å². The van der Waals surface area contributed by atoms with E-state index in [9.17, 15) is 14.5 Å². The molecule has 1 atom stereocenters. The van der Waals surface area contributed by atoms with Gasteiger partial charge in [-0.1, -0.05) is 24.6 Å². The SMILES string of the molecule is C/C=C\C(=C/C)C1=NC2=C(C=C(C(N)=O)CC2)NC1CCCCC(=O)N=O. The van der Waals surface area contributed by atoms with Crippen molar-refractivity contribution >= 4 is 17.5 Å². The molecule has 2 amide bonds. The van der Waals surface area contributed by atoms with E-state index >= 15 is 0 Å². The maximum Gasteiger partial charge on any atom is 0.286 e. The number of unbranched alkanes of at least 4 members (excludes halogenated alkanes) is 1. The molecule has 0 bridgehead atoms. The molecule has 2 rings (SSSR count). The number of nitrogens with two attached hydrogens (primary N) is 1. The fourth-order valence-electron chi connectivity index (χ4n) is 3.29. The molecule has 1 unspecified atom stereocenters. The predicted molar refractivity (Wildman–Crippen MR) is 106 cm³/mol. The van der Waals surface area contributed by atoms with Crippen LogP contribution in [0.15, 0.2) is 57.0 Å². The molecular weight excluding hydrogens is 344 g/mol. The van der Waals surface area contributed by atoms with E-state index in [0.29, 0.717) is 24.8 Å². The van der Waals surface area contributed by atoms with Crippen molar-refractivity contribution in [3.05, 3.63) is 51.8 Å². The Morgan fingerprint density at radius 1 is 1.33 bits per heavy atom. The van der Waals surface area contributed by atoms with Gasteiger partial charge in [-0.05, 0) is 51.2 Å². The van der Waals surface area contributed by atoms with Gasteiger partial charge in [0.15, 0.2) is 0 Å². The quantitative estimate of drug-likeness (QED) is 0.388. The minimum absolute atomic E-state index is 0.0473. The van der Waals surface area contributed by atoms with Crippen LogP contribution in [0.25, 0.3) is 0 Å². The summed E-state index contributed by atoms with van der Waals surface area (Å²) in [6.45, 7) is 3.93. The van der Waals surface area contributed by atoms with Crippen LogP contribution in [0.5, 0.6) is 0 Å². The molecule has 7 nitrogen and oxygen atoms in total. The van der Waals surface area contributed by atoms with Crippen molar-refractivity contribution in [1.82, 2.24) is 5.32 Å². The first-order valence-electron chi connectivity index (χ1n) is 9.24. The van der Waals surface area contributed by atoms with Gasteiger partial charge in [-0.25, -0.2) is 0 Å². The molecule has 27 heavy (non-hydrogen) atoms. The second-order valence-corrected chi connectivity index (χ2v) is 6.56. The molecule has 2 aliphatic rings. The molecule has 0 aromatic carbocycles. The highest BCUT2D eigenvalue weighted by Crippen LogP contribution is 2.29. The van der Waals surface area contributed by atoms with Gasteiger partial charge in [0, 0.05) is 17.2 Å². The minimum Gasteiger partial charge on any atom is -0.375 e. The van der Waals surface area contributed by atoms with E-state index in [-0.39, 0.29) is 12.5 Å². The first kappa shape index (κ1) is 20.5. The summed E-state index contributed by atoms with van der Waals surface area (Å²) < 4.78 is 0. The monoisotopic (exact) mass is 370 g/mol. The van der Waals surface area contributed by atoms with E-state index in [0.717, 1.165) is 35.5 Å². The Hall–Kier alpha value is -2.83. The van der Waals surface area contributed by atoms with Gasteiger partial charge in [-0.3, -0.25) is 14.6 Å². The van der Waals surface area contributed by atoms with Crippen LogP contribution in [0, 0.1) is 4.91 Å². The fourth-order valence-corrected chi connectivity index (χ4v) is 3.29. The van der Waals surface area contributed by atoms with Crippen molar-refractivity contribution in [3.8, 4) is 0 Å². The largest absolute Gasteiger partial charge is 0.375 e. The van der Waals surface area contributed by atoms with Gasteiger partial charge < -0.3 is 11.1 Å². The van der Waals surface area contributed by atoms with Gasteiger partial charge in [0.1, 0.15) is 0 Å². The molecule has 0 aromatic heterocycles. The molecule has 3 N–H and O–H groups in total. The molecule has 0 spiro atoms. The Morgan fingerprint density at radius 3 is 2.74 bits per heavy atom. The van der Waals surface area contributed by atoms with Gasteiger partial charge in [0.05, 0.1) is 23.1 Å². The van der Waals surface area contributed by atoms with Crippen LogP contribution in [0.4, 0.5) is 0 Å². The number of hydrogen-bond acceptors (Lipinski definition) is 5. The zero-order valence-corrected chi connectivity index (χ0v) is 15.8. The van der Waals surface area contributed by atoms with Crippen molar-refractivity contribution < 1.29 is 9.59 Å². The number of rotatable bonds is 8. The second kappa shape index (κ2) is 9.75. The summed E-state index contributed by atoms with van der Waals surface area (Å²) in [5.41, 5.74) is 9.77. The zero-order chi connectivity index (χ0) is 19.8. The van der Waals surface area contributed by atoms with Crippen LogP contribution in [0.3, 0.4) is 0 Å². The van der Waals surface area contributed by atoms with Gasteiger partial charge in [0.25, 0.3) is 5.91 Å². The lowest BCUT2D eigenvalue weighted by molar-refractivity contribution is -0.118. The van der Waals surface area contributed by atoms with Crippen LogP contribution in [0.2, 0.25) is 0 Å². The van der Waals surface area contributed by atoms with Crippen molar-refractivity contribution in [2.75, 3.05) is 0 Å². The van der Waals surface area contributed by atoms with Crippen LogP contribution >= 0.6 is 0 Å². The zero-order valence-electron chi connectivity index (χ0n) is 15.8. The third-order valence-electron chi connectivity index (χ3n) is 4.68. The number of nitroso groups, excluding NO2 is 1. The molecule has 1 heterocycles. The molecule has 0 radical (unpaired) electrons. The predicted octanol–water partition coefficient (Wildman–Crippen LogP) is 3.19. The van der Waals surface area contributed by atoms with Crippen molar-refractivity contribution in [2.24, 2.45) is 15.9 Å². The maximum absolute atomic E-state index is 11.5. The Labute approximate surface area is 159 Å². The summed E-state index contributed by atoms with van der Waals surface area (Å²) in [6.07, 6.45) is 11.3. The van der Waals surface area contributed by atoms with Crippen molar-refractivity contribution in [1.29, 1.82) is 0 Å². The average molecular weight is 370 g/mol. The van der Waals surface area contributed by atoms with E-state index in [1.54, 1.807) is 6.08 Å². The summed E-state index contributed by atoms with van der Waals surface area (Å²) >= 11 is 0. The van der Waals surface area contributed by atoms with Crippen LogP contribution in [-0.4, -0.2) is 23.6 Å². The van der Waals surface area contributed by atoms with E-state index < -0.39 is 11.8 Å². The molecule has 0 aromatic rings. The highest BCUT2D eigenvalue weighted by Gasteiger charge is 2.27. The Balaban J connectivity index is 2.22. The number of allylic oxidation sites excluding steroid dienone is 5. The van der Waals surface area contributed by atoms with Gasteiger partial charge >= 0.3 is 0 Å². The summed E-state index contributed by atoms with van der Waals surface area (Å²) in [5.74, 6) is -1.02. The maximum atomic E-state index is 11.5. The van der Waals surface area contributed by atoms with E-state index in [4.69, 9.17) is 10.7 Å².